The van der Waals surface area contributed by atoms with Crippen LogP contribution in [0.25, 0.3) is 0 Å². The van der Waals surface area contributed by atoms with E-state index in [1.807, 2.05) is 19.4 Å². The van der Waals surface area contributed by atoms with E-state index in [0.717, 1.165) is 32.0 Å². The molecule has 0 aliphatic heterocycles. The number of aryl methyl sites for hydroxylation is 1. The molecular formula is C10H20N4. The summed E-state index contributed by atoms with van der Waals surface area (Å²) in [6.45, 7) is 6.17. The van der Waals surface area contributed by atoms with Crippen molar-refractivity contribution >= 4 is 0 Å². The largest absolute Gasteiger partial charge is 0.337 e. The summed E-state index contributed by atoms with van der Waals surface area (Å²) in [5.41, 5.74) is 0. The smallest absolute Gasteiger partial charge is 0.122 e. The average Bonchev–Trinajstić information content (AvgIpc) is 2.52. The predicted molar refractivity (Wildman–Crippen MR) is 58.1 cm³/mol. The van der Waals surface area contributed by atoms with Crippen LogP contribution in [0.4, 0.5) is 0 Å². The van der Waals surface area contributed by atoms with Gasteiger partial charge in [0.25, 0.3) is 0 Å². The molecule has 1 N–H and O–H groups in total. The summed E-state index contributed by atoms with van der Waals surface area (Å²) in [4.78, 5) is 6.55. The van der Waals surface area contributed by atoms with Gasteiger partial charge in [0.1, 0.15) is 5.82 Å². The van der Waals surface area contributed by atoms with Gasteiger partial charge in [-0.1, -0.05) is 6.92 Å². The molecule has 0 aromatic carbocycles. The fraction of sp³-hybridized carbons (Fsp3) is 0.700. The van der Waals surface area contributed by atoms with Gasteiger partial charge in [0, 0.05) is 32.5 Å². The Labute approximate surface area is 85.9 Å². The quantitative estimate of drug-likeness (QED) is 0.671. The van der Waals surface area contributed by atoms with Crippen LogP contribution in [0.2, 0.25) is 0 Å². The lowest BCUT2D eigenvalue weighted by Crippen LogP contribution is -2.29. The van der Waals surface area contributed by atoms with Gasteiger partial charge in [0.15, 0.2) is 0 Å². The molecule has 1 aromatic heterocycles. The molecule has 0 spiro atoms. The van der Waals surface area contributed by atoms with Crippen LogP contribution in [-0.2, 0) is 13.6 Å². The highest BCUT2D eigenvalue weighted by molar-refractivity contribution is 4.90. The summed E-state index contributed by atoms with van der Waals surface area (Å²) in [6.07, 6.45) is 3.82. The van der Waals surface area contributed by atoms with Crippen molar-refractivity contribution in [3.05, 3.63) is 18.2 Å². The Hall–Kier alpha value is -0.870. The van der Waals surface area contributed by atoms with Crippen molar-refractivity contribution < 1.29 is 0 Å². The first-order valence-corrected chi connectivity index (χ1v) is 5.09. The maximum absolute atomic E-state index is 4.28. The standard InChI is InChI=1S/C10H20N4/c1-4-11-5-7-13(2)9-10-12-6-8-14(10)3/h6,8,11H,4-5,7,9H2,1-3H3. The molecule has 0 atom stereocenters. The Morgan fingerprint density at radius 1 is 1.57 bits per heavy atom. The Bertz CT molecular complexity index is 256. The molecule has 14 heavy (non-hydrogen) atoms. The highest BCUT2D eigenvalue weighted by Crippen LogP contribution is 1.98. The van der Waals surface area contributed by atoms with Crippen LogP contribution in [0, 0.1) is 0 Å². The first-order valence-electron chi connectivity index (χ1n) is 5.09. The lowest BCUT2D eigenvalue weighted by molar-refractivity contribution is 0.314. The van der Waals surface area contributed by atoms with Crippen LogP contribution in [0.1, 0.15) is 12.7 Å². The van der Waals surface area contributed by atoms with Crippen molar-refractivity contribution in [2.75, 3.05) is 26.7 Å². The molecule has 0 amide bonds. The highest BCUT2D eigenvalue weighted by atomic mass is 15.2. The van der Waals surface area contributed by atoms with Crippen LogP contribution in [0.15, 0.2) is 12.4 Å². The van der Waals surface area contributed by atoms with E-state index in [9.17, 15) is 0 Å². The Kier molecular flexibility index (Phi) is 4.62. The molecule has 4 nitrogen and oxygen atoms in total. The van der Waals surface area contributed by atoms with Gasteiger partial charge in [-0.15, -0.1) is 0 Å². The van der Waals surface area contributed by atoms with Crippen molar-refractivity contribution in [3.8, 4) is 0 Å². The molecule has 1 rings (SSSR count). The Morgan fingerprint density at radius 2 is 2.36 bits per heavy atom. The molecule has 80 valence electrons. The third kappa shape index (κ3) is 3.47. The van der Waals surface area contributed by atoms with Crippen LogP contribution < -0.4 is 5.32 Å². The molecule has 0 bridgehead atoms. The van der Waals surface area contributed by atoms with Crippen LogP contribution in [0.5, 0.6) is 0 Å². The average molecular weight is 196 g/mol. The highest BCUT2D eigenvalue weighted by Gasteiger charge is 2.03. The summed E-state index contributed by atoms with van der Waals surface area (Å²) < 4.78 is 2.06. The van der Waals surface area contributed by atoms with E-state index in [-0.39, 0.29) is 0 Å². The van der Waals surface area contributed by atoms with E-state index < -0.39 is 0 Å². The van der Waals surface area contributed by atoms with E-state index in [4.69, 9.17) is 0 Å². The number of nitrogens with one attached hydrogen (secondary N) is 1. The minimum absolute atomic E-state index is 0.912. The number of likely N-dealkylation sites (N-methyl/N-ethyl adjacent to an activating group) is 2. The lowest BCUT2D eigenvalue weighted by Gasteiger charge is -2.16. The Morgan fingerprint density at radius 3 is 2.93 bits per heavy atom. The lowest BCUT2D eigenvalue weighted by atomic mass is 10.4. The monoisotopic (exact) mass is 196 g/mol. The summed E-state index contributed by atoms with van der Waals surface area (Å²) >= 11 is 0. The fourth-order valence-corrected chi connectivity index (χ4v) is 1.32. The van der Waals surface area contributed by atoms with Crippen molar-refractivity contribution in [1.29, 1.82) is 0 Å². The van der Waals surface area contributed by atoms with Gasteiger partial charge in [-0.25, -0.2) is 4.98 Å². The van der Waals surface area contributed by atoms with Crippen LogP contribution in [-0.4, -0.2) is 41.1 Å². The van der Waals surface area contributed by atoms with Crippen molar-refractivity contribution in [2.24, 2.45) is 7.05 Å². The summed E-state index contributed by atoms with van der Waals surface area (Å²) in [5, 5.41) is 3.30. The van der Waals surface area contributed by atoms with Gasteiger partial charge in [-0.2, -0.15) is 0 Å². The second-order valence-corrected chi connectivity index (χ2v) is 3.55. The van der Waals surface area contributed by atoms with E-state index in [1.165, 1.54) is 0 Å². The maximum atomic E-state index is 4.28. The van der Waals surface area contributed by atoms with Gasteiger partial charge < -0.3 is 9.88 Å². The van der Waals surface area contributed by atoms with E-state index in [1.54, 1.807) is 0 Å². The van der Waals surface area contributed by atoms with Crippen LogP contribution >= 0.6 is 0 Å². The van der Waals surface area contributed by atoms with Gasteiger partial charge in [0.2, 0.25) is 0 Å². The number of hydrogen-bond donors (Lipinski definition) is 1. The fourth-order valence-electron chi connectivity index (χ4n) is 1.32. The summed E-state index contributed by atoms with van der Waals surface area (Å²) in [6, 6.07) is 0. The van der Waals surface area contributed by atoms with Crippen LogP contribution in [0.3, 0.4) is 0 Å². The topological polar surface area (TPSA) is 33.1 Å². The van der Waals surface area contributed by atoms with Crippen molar-refractivity contribution in [2.45, 2.75) is 13.5 Å². The molecule has 0 radical (unpaired) electrons. The number of rotatable bonds is 6. The Balaban J connectivity index is 2.27. The summed E-state index contributed by atoms with van der Waals surface area (Å²) in [7, 11) is 4.15. The van der Waals surface area contributed by atoms with Gasteiger partial charge >= 0.3 is 0 Å². The maximum Gasteiger partial charge on any atom is 0.122 e. The number of hydrogen-bond acceptors (Lipinski definition) is 3. The van der Waals surface area contributed by atoms with Crippen molar-refractivity contribution in [3.63, 3.8) is 0 Å². The van der Waals surface area contributed by atoms with Gasteiger partial charge in [0.05, 0.1) is 6.54 Å². The molecule has 0 saturated heterocycles. The van der Waals surface area contributed by atoms with Gasteiger partial charge in [-0.05, 0) is 13.6 Å². The summed E-state index contributed by atoms with van der Waals surface area (Å²) in [5.74, 6) is 1.11. The number of nitrogens with zero attached hydrogens (tertiary/aromatic N) is 3. The first kappa shape index (κ1) is 11.2. The molecular weight excluding hydrogens is 176 g/mol. The molecule has 0 unspecified atom stereocenters. The third-order valence-corrected chi connectivity index (χ3v) is 2.25. The molecule has 1 heterocycles. The zero-order valence-corrected chi connectivity index (χ0v) is 9.32. The minimum atomic E-state index is 0.912. The molecule has 0 aliphatic carbocycles. The zero-order chi connectivity index (χ0) is 10.4. The SMILES string of the molecule is CCNCCN(C)Cc1nccn1C. The molecule has 0 fully saturated rings. The molecule has 0 saturated carbocycles. The van der Waals surface area contributed by atoms with Crippen molar-refractivity contribution in [1.82, 2.24) is 19.8 Å². The zero-order valence-electron chi connectivity index (χ0n) is 9.32. The van der Waals surface area contributed by atoms with E-state index in [2.05, 4.69) is 33.7 Å². The predicted octanol–water partition coefficient (Wildman–Crippen LogP) is 0.461. The number of imidazole rings is 1. The second-order valence-electron chi connectivity index (χ2n) is 3.55. The van der Waals surface area contributed by atoms with Gasteiger partial charge in [-0.3, -0.25) is 4.90 Å². The molecule has 1 aromatic rings. The van der Waals surface area contributed by atoms with E-state index in [0.29, 0.717) is 0 Å². The molecule has 0 aliphatic rings. The first-order chi connectivity index (χ1) is 6.74. The van der Waals surface area contributed by atoms with E-state index >= 15 is 0 Å². The molecule has 4 heteroatoms. The second kappa shape index (κ2) is 5.78. The minimum Gasteiger partial charge on any atom is -0.337 e. The third-order valence-electron chi connectivity index (χ3n) is 2.25. The number of aromatic nitrogens is 2. The normalized spacial score (nSPS) is 11.1.